The lowest BCUT2D eigenvalue weighted by Gasteiger charge is -2.10. The predicted octanol–water partition coefficient (Wildman–Crippen LogP) is 2.69. The van der Waals surface area contributed by atoms with Gasteiger partial charge < -0.3 is 10.7 Å². The first-order valence-electron chi connectivity index (χ1n) is 4.91. The predicted molar refractivity (Wildman–Crippen MR) is 67.1 cm³/mol. The number of hydrogen-bond donors (Lipinski definition) is 3. The van der Waals surface area contributed by atoms with E-state index in [4.69, 9.17) is 5.84 Å². The quantitative estimate of drug-likeness (QED) is 0.457. The topological polar surface area (TPSA) is 75.9 Å². The second-order valence-corrected chi connectivity index (χ2v) is 4.19. The van der Waals surface area contributed by atoms with E-state index in [0.29, 0.717) is 16.6 Å². The molecule has 100 valence electrons. The summed E-state index contributed by atoms with van der Waals surface area (Å²) in [6.07, 6.45) is 1.17. The number of rotatable bonds is 3. The molecule has 0 aliphatic heterocycles. The van der Waals surface area contributed by atoms with E-state index in [1.54, 1.807) is 0 Å². The van der Waals surface area contributed by atoms with Crippen molar-refractivity contribution in [1.82, 2.24) is 9.97 Å². The molecule has 4 N–H and O–H groups in total. The molecular formula is C10H7BrF3N5. The molecule has 1 aromatic heterocycles. The largest absolute Gasteiger partial charge is 0.337 e. The molecule has 0 saturated carbocycles. The molecule has 0 unspecified atom stereocenters. The average molecular weight is 334 g/mol. The molecule has 19 heavy (non-hydrogen) atoms. The lowest BCUT2D eigenvalue weighted by atomic mass is 10.3. The van der Waals surface area contributed by atoms with Crippen LogP contribution >= 0.6 is 15.9 Å². The Labute approximate surface area is 114 Å². The smallest absolute Gasteiger partial charge is 0.161 e. The molecule has 2 rings (SSSR count). The lowest BCUT2D eigenvalue weighted by molar-refractivity contribution is 0.496. The molecule has 1 heterocycles. The molecule has 2 aromatic rings. The maximum atomic E-state index is 13.5. The molecule has 0 aliphatic rings. The summed E-state index contributed by atoms with van der Waals surface area (Å²) in [7, 11) is 0. The van der Waals surface area contributed by atoms with E-state index in [-0.39, 0.29) is 17.3 Å². The normalized spacial score (nSPS) is 10.4. The zero-order valence-electron chi connectivity index (χ0n) is 9.22. The van der Waals surface area contributed by atoms with Crippen molar-refractivity contribution in [1.29, 1.82) is 0 Å². The van der Waals surface area contributed by atoms with E-state index in [1.165, 1.54) is 6.33 Å². The molecule has 0 bridgehead atoms. The zero-order chi connectivity index (χ0) is 14.0. The first-order chi connectivity index (χ1) is 9.02. The monoisotopic (exact) mass is 333 g/mol. The number of hydrazine groups is 1. The van der Waals surface area contributed by atoms with Gasteiger partial charge in [0.05, 0.1) is 5.69 Å². The summed E-state index contributed by atoms with van der Waals surface area (Å²) in [5.41, 5.74) is 2.03. The van der Waals surface area contributed by atoms with E-state index in [1.807, 2.05) is 0 Å². The van der Waals surface area contributed by atoms with E-state index in [9.17, 15) is 13.2 Å². The number of nitrogens with two attached hydrogens (primary N) is 1. The maximum Gasteiger partial charge on any atom is 0.161 e. The number of aromatic nitrogens is 2. The van der Waals surface area contributed by atoms with Gasteiger partial charge in [-0.2, -0.15) is 0 Å². The van der Waals surface area contributed by atoms with Crippen LogP contribution < -0.4 is 16.6 Å². The highest BCUT2D eigenvalue weighted by atomic mass is 79.9. The van der Waals surface area contributed by atoms with Crippen LogP contribution in [-0.2, 0) is 0 Å². The van der Waals surface area contributed by atoms with Crippen LogP contribution in [0.4, 0.5) is 30.5 Å². The fourth-order valence-electron chi connectivity index (χ4n) is 1.30. The van der Waals surface area contributed by atoms with Crippen LogP contribution in [0.3, 0.4) is 0 Å². The molecule has 0 spiro atoms. The van der Waals surface area contributed by atoms with Crippen molar-refractivity contribution < 1.29 is 13.2 Å². The summed E-state index contributed by atoms with van der Waals surface area (Å²) < 4.78 is 39.6. The number of nitrogens with zero attached hydrogens (tertiary/aromatic N) is 2. The highest BCUT2D eigenvalue weighted by Crippen LogP contribution is 2.29. The van der Waals surface area contributed by atoms with E-state index >= 15 is 0 Å². The summed E-state index contributed by atoms with van der Waals surface area (Å²) >= 11 is 3.14. The third-order valence-electron chi connectivity index (χ3n) is 2.19. The molecule has 9 heteroatoms. The third-order valence-corrected chi connectivity index (χ3v) is 2.94. The minimum absolute atomic E-state index is 0.146. The fourth-order valence-corrected chi connectivity index (χ4v) is 1.72. The Balaban J connectivity index is 2.39. The van der Waals surface area contributed by atoms with Crippen molar-refractivity contribution >= 4 is 33.3 Å². The van der Waals surface area contributed by atoms with E-state index < -0.39 is 17.5 Å². The minimum atomic E-state index is -1.27. The van der Waals surface area contributed by atoms with Gasteiger partial charge in [0.25, 0.3) is 0 Å². The van der Waals surface area contributed by atoms with Crippen LogP contribution in [0, 0.1) is 17.5 Å². The van der Waals surface area contributed by atoms with Gasteiger partial charge in [-0.05, 0) is 15.9 Å². The van der Waals surface area contributed by atoms with Gasteiger partial charge in [-0.1, -0.05) is 0 Å². The Morgan fingerprint density at radius 1 is 1.00 bits per heavy atom. The summed E-state index contributed by atoms with van der Waals surface area (Å²) in [5.74, 6) is 2.21. The van der Waals surface area contributed by atoms with Crippen molar-refractivity contribution in [3.8, 4) is 0 Å². The summed E-state index contributed by atoms with van der Waals surface area (Å²) in [6.45, 7) is 0. The average Bonchev–Trinajstić information content (AvgIpc) is 2.38. The number of anilines is 3. The van der Waals surface area contributed by atoms with Crippen molar-refractivity contribution in [2.24, 2.45) is 5.84 Å². The van der Waals surface area contributed by atoms with Crippen LogP contribution in [0.5, 0.6) is 0 Å². The van der Waals surface area contributed by atoms with Crippen LogP contribution in [-0.4, -0.2) is 9.97 Å². The van der Waals surface area contributed by atoms with Gasteiger partial charge in [0.1, 0.15) is 22.4 Å². The number of halogens is 4. The number of nitrogen functional groups attached to an aromatic ring is 1. The standard InChI is InChI=1S/C10H7BrF3N5/c11-8-9(16-3-17-10(8)19-15)18-7-2-5(13)4(12)1-6(7)14/h1-3H,15H2,(H2,16,17,18,19). The molecule has 0 aliphatic carbocycles. The molecule has 0 radical (unpaired) electrons. The Bertz CT molecular complexity index is 622. The fraction of sp³-hybridized carbons (Fsp3) is 0. The SMILES string of the molecule is NNc1ncnc(Nc2cc(F)c(F)cc2F)c1Br. The summed E-state index contributed by atoms with van der Waals surface area (Å²) in [6, 6.07) is 1.13. The van der Waals surface area contributed by atoms with Crippen LogP contribution in [0.2, 0.25) is 0 Å². The second-order valence-electron chi connectivity index (χ2n) is 3.40. The highest BCUT2D eigenvalue weighted by molar-refractivity contribution is 9.10. The second kappa shape index (κ2) is 5.41. The lowest BCUT2D eigenvalue weighted by Crippen LogP contribution is -2.10. The molecule has 0 fully saturated rings. The number of benzene rings is 1. The number of nitrogens with one attached hydrogen (secondary N) is 2. The van der Waals surface area contributed by atoms with Gasteiger partial charge in [0, 0.05) is 12.1 Å². The van der Waals surface area contributed by atoms with Crippen molar-refractivity contribution in [3.05, 3.63) is 40.4 Å². The Kier molecular flexibility index (Phi) is 3.86. The minimum Gasteiger partial charge on any atom is -0.337 e. The molecule has 0 saturated heterocycles. The van der Waals surface area contributed by atoms with Crippen molar-refractivity contribution in [2.45, 2.75) is 0 Å². The zero-order valence-corrected chi connectivity index (χ0v) is 10.8. The van der Waals surface area contributed by atoms with E-state index in [0.717, 1.165) is 0 Å². The first kappa shape index (κ1) is 13.6. The van der Waals surface area contributed by atoms with Crippen LogP contribution in [0.15, 0.2) is 22.9 Å². The molecule has 5 nitrogen and oxygen atoms in total. The molecule has 0 amide bonds. The third kappa shape index (κ3) is 2.76. The van der Waals surface area contributed by atoms with Gasteiger partial charge in [-0.15, -0.1) is 0 Å². The number of hydrogen-bond acceptors (Lipinski definition) is 5. The molecule has 0 atom stereocenters. The first-order valence-corrected chi connectivity index (χ1v) is 5.71. The molecular weight excluding hydrogens is 327 g/mol. The van der Waals surface area contributed by atoms with Crippen LogP contribution in [0.25, 0.3) is 0 Å². The van der Waals surface area contributed by atoms with E-state index in [2.05, 4.69) is 36.6 Å². The Hall–Kier alpha value is -1.87. The van der Waals surface area contributed by atoms with Crippen LogP contribution in [0.1, 0.15) is 0 Å². The molecule has 1 aromatic carbocycles. The van der Waals surface area contributed by atoms with Crippen molar-refractivity contribution in [3.63, 3.8) is 0 Å². The van der Waals surface area contributed by atoms with Gasteiger partial charge in [0.2, 0.25) is 0 Å². The Morgan fingerprint density at radius 3 is 2.32 bits per heavy atom. The van der Waals surface area contributed by atoms with Gasteiger partial charge >= 0.3 is 0 Å². The maximum absolute atomic E-state index is 13.5. The van der Waals surface area contributed by atoms with Gasteiger partial charge in [-0.25, -0.2) is 29.0 Å². The summed E-state index contributed by atoms with van der Waals surface area (Å²) in [5, 5.41) is 2.51. The highest BCUT2D eigenvalue weighted by Gasteiger charge is 2.13. The van der Waals surface area contributed by atoms with Crippen molar-refractivity contribution in [2.75, 3.05) is 10.7 Å². The van der Waals surface area contributed by atoms with Gasteiger partial charge in [-0.3, -0.25) is 0 Å². The van der Waals surface area contributed by atoms with Gasteiger partial charge in [0.15, 0.2) is 17.5 Å². The summed E-state index contributed by atoms with van der Waals surface area (Å²) in [4.78, 5) is 7.62. The Morgan fingerprint density at radius 2 is 1.63 bits per heavy atom.